The fraction of sp³-hybridized carbons (Fsp3) is 0.171. The van der Waals surface area contributed by atoms with Crippen LogP contribution in [-0.4, -0.2) is 66.5 Å². The molecule has 1 aliphatic rings. The molecule has 6 rings (SSSR count). The zero-order chi connectivity index (χ0) is 43.7. The summed E-state index contributed by atoms with van der Waals surface area (Å²) in [6.45, 7) is 0. The van der Waals surface area contributed by atoms with Crippen molar-refractivity contribution in [3.8, 4) is 0 Å². The largest absolute Gasteiger partial charge is 3.00 e. The average Bonchev–Trinajstić information content (AvgIpc) is 3.18. The van der Waals surface area contributed by atoms with Gasteiger partial charge in [-0.2, -0.15) is 0 Å². The van der Waals surface area contributed by atoms with E-state index in [1.165, 1.54) is 52.5 Å². The van der Waals surface area contributed by atoms with Crippen LogP contribution in [0.5, 0.6) is 0 Å². The van der Waals surface area contributed by atoms with E-state index >= 15 is 0 Å². The summed E-state index contributed by atoms with van der Waals surface area (Å²) >= 11 is 0. The Bertz CT molecular complexity index is 1640. The Morgan fingerprint density at radius 1 is 0.500 bits per heavy atom. The Hall–Kier alpha value is -3.28. The molecule has 318 valence electrons. The van der Waals surface area contributed by atoms with Gasteiger partial charge in [0.2, 0.25) is 0 Å². The van der Waals surface area contributed by atoms with Gasteiger partial charge in [0.15, 0.2) is 0 Å². The summed E-state index contributed by atoms with van der Waals surface area (Å²) in [6.07, 6.45) is 16.2. The van der Waals surface area contributed by atoms with E-state index in [2.05, 4.69) is 176 Å². The van der Waals surface area contributed by atoms with Crippen LogP contribution in [0.2, 0.25) is 0 Å². The third-order valence-corrected chi connectivity index (χ3v) is 13.4. The first-order valence-electron chi connectivity index (χ1n) is 18.4. The van der Waals surface area contributed by atoms with Gasteiger partial charge in [0.05, 0.1) is 0 Å². The van der Waals surface area contributed by atoms with Gasteiger partial charge in [-0.3, -0.25) is 8.63 Å². The monoisotopic (exact) mass is 952 g/mol. The second-order valence-corrected chi connectivity index (χ2v) is 16.8. The van der Waals surface area contributed by atoms with E-state index in [-0.39, 0.29) is 19.5 Å². The second kappa shape index (κ2) is 36.4. The van der Waals surface area contributed by atoms with Crippen LogP contribution in [0.15, 0.2) is 176 Å². The van der Waals surface area contributed by atoms with Crippen LogP contribution in [-0.2, 0) is 25.9 Å². The molecule has 0 radical (unpaired) electrons. The van der Waals surface area contributed by atoms with Crippen LogP contribution in [0.3, 0.4) is 0 Å². The molecule has 60 heavy (non-hydrogen) atoms. The van der Waals surface area contributed by atoms with Gasteiger partial charge < -0.3 is 48.8 Å². The molecule has 8 nitrogen and oxygen atoms in total. The summed E-state index contributed by atoms with van der Waals surface area (Å²) in [5, 5.41) is 65.5. The van der Waals surface area contributed by atoms with Crippen molar-refractivity contribution in [3.63, 3.8) is 0 Å². The van der Waals surface area contributed by atoms with Gasteiger partial charge >= 0.3 is 41.7 Å². The molecule has 0 spiro atoms. The molecule has 5 aromatic rings. The molecule has 0 saturated heterocycles. The molecule has 5 aromatic carbocycles. The minimum Gasteiger partial charge on any atom is -0.867 e. The molecule has 0 aliphatic heterocycles. The van der Waals surface area contributed by atoms with E-state index in [9.17, 15) is 17.3 Å². The minimum absolute atomic E-state index is 0. The van der Waals surface area contributed by atoms with E-state index in [1.54, 1.807) is 0 Å². The molecule has 0 aromatic heterocycles. The number of allylic oxidation sites excluding steroid dienone is 4. The average molecular weight is 952 g/mol. The molecule has 0 amide bonds. The van der Waals surface area contributed by atoms with Crippen molar-refractivity contribution in [3.05, 3.63) is 182 Å². The standard InChI is InChI=1S/C33H30P2.C8H12.2BFH2O2.BFHO2.BFO2.Rh/c1-6-16-28(17-7-1)26-33(35(31-22-12-4-13-23-31)32-24-14-5-15-25-32)27-34(29-18-8-2-9-19-29)30-20-10-3-11-21-30;1-2-4-6-8-7-5-3-1;4*2-1(3)4;/h1-25,33H,26-27H2;1-4H,5-8H2;2*3-4H;3H;;/q;;;;-1;-2;+3/t33-;;;;;;/m1....../s1. The van der Waals surface area contributed by atoms with Crippen LogP contribution < -0.4 is 36.3 Å². The van der Waals surface area contributed by atoms with Gasteiger partial charge in [-0.15, -0.1) is 0 Å². The molecule has 0 bridgehead atoms. The van der Waals surface area contributed by atoms with Gasteiger partial charge in [-0.25, -0.2) is 0 Å². The van der Waals surface area contributed by atoms with Gasteiger partial charge in [0.25, 0.3) is 0 Å². The van der Waals surface area contributed by atoms with Crippen LogP contribution in [0.25, 0.3) is 0 Å². The number of benzene rings is 5. The molecule has 19 heteroatoms. The van der Waals surface area contributed by atoms with Crippen LogP contribution in [0.4, 0.5) is 17.3 Å². The molecular weight excluding hydrogens is 905 g/mol. The van der Waals surface area contributed by atoms with Crippen molar-refractivity contribution >= 4 is 66.6 Å². The molecule has 1 aliphatic carbocycles. The van der Waals surface area contributed by atoms with E-state index < -0.39 is 45.4 Å². The first-order chi connectivity index (χ1) is 28.3. The third-order valence-electron chi connectivity index (χ3n) is 7.65. The van der Waals surface area contributed by atoms with Gasteiger partial charge in [0.1, 0.15) is 7.40 Å². The predicted octanol–water partition coefficient (Wildman–Crippen LogP) is 3.34. The van der Waals surface area contributed by atoms with Crippen molar-refractivity contribution in [2.75, 3.05) is 6.16 Å². The molecule has 0 unspecified atom stereocenters. The van der Waals surface area contributed by atoms with Gasteiger partial charge in [0, 0.05) is 0 Å². The smallest absolute Gasteiger partial charge is 0.867 e. The molecule has 0 heterocycles. The van der Waals surface area contributed by atoms with Gasteiger partial charge in [-0.05, 0) is 86.5 Å². The van der Waals surface area contributed by atoms with E-state index in [0.29, 0.717) is 5.66 Å². The van der Waals surface area contributed by atoms with Crippen LogP contribution >= 0.6 is 15.8 Å². The van der Waals surface area contributed by atoms with Crippen LogP contribution in [0.1, 0.15) is 31.2 Å². The fourth-order valence-electron chi connectivity index (χ4n) is 5.53. The predicted molar refractivity (Wildman–Crippen MR) is 232 cm³/mol. The zero-order valence-corrected chi connectivity index (χ0v) is 36.0. The minimum atomic E-state index is -3.17. The van der Waals surface area contributed by atoms with Crippen molar-refractivity contribution < 1.29 is 76.9 Å². The topological polar surface area (TPSA) is 170 Å². The summed E-state index contributed by atoms with van der Waals surface area (Å²) in [5.74, 6) is 0. The second-order valence-electron chi connectivity index (χ2n) is 12.0. The number of rotatable bonds is 9. The van der Waals surface area contributed by atoms with Crippen LogP contribution in [0, 0.1) is 0 Å². The molecular formula is C41H47B4F4O8P2Rh. The van der Waals surface area contributed by atoms with Crippen molar-refractivity contribution in [1.82, 2.24) is 0 Å². The SMILES string of the molecule is C1=CCCCCC=C1.OB(O)F.OB(O)F.[O-]B(O)F.[O-]B([O-])F.[Rh+3].c1ccc(C[C@H](CP(c2ccccc2)c2ccccc2)P(c2ccccc2)c2ccccc2)cc1. The fourth-order valence-corrected chi connectivity index (χ4v) is 11.5. The molecule has 0 fully saturated rings. The normalized spacial score (nSPS) is 11.5. The summed E-state index contributed by atoms with van der Waals surface area (Å²) in [6, 6.07) is 55.8. The van der Waals surface area contributed by atoms with Crippen molar-refractivity contribution in [2.45, 2.75) is 37.8 Å². The molecule has 1 atom stereocenters. The summed E-state index contributed by atoms with van der Waals surface area (Å²) in [5.41, 5.74) is 1.94. The summed E-state index contributed by atoms with van der Waals surface area (Å²) < 4.78 is 40.1. The van der Waals surface area contributed by atoms with E-state index in [1.807, 2.05) is 0 Å². The Morgan fingerprint density at radius 2 is 0.767 bits per heavy atom. The summed E-state index contributed by atoms with van der Waals surface area (Å²) in [4.78, 5) is 0. The Morgan fingerprint density at radius 3 is 1.07 bits per heavy atom. The number of halogens is 4. The first kappa shape index (κ1) is 56.7. The maximum atomic E-state index is 10.1. The Kier molecular flexibility index (Phi) is 34.4. The zero-order valence-electron chi connectivity index (χ0n) is 32.6. The van der Waals surface area contributed by atoms with Gasteiger partial charge in [-0.1, -0.05) is 176 Å². The molecule has 5 N–H and O–H groups in total. The number of hydrogen-bond acceptors (Lipinski definition) is 8. The Balaban J connectivity index is 0.00000114. The quantitative estimate of drug-likeness (QED) is 0.0852. The first-order valence-corrected chi connectivity index (χ1v) is 21.3. The third kappa shape index (κ3) is 29.9. The maximum Gasteiger partial charge on any atom is 3.00 e. The van der Waals surface area contributed by atoms with Crippen molar-refractivity contribution in [1.29, 1.82) is 0 Å². The number of hydrogen-bond donors (Lipinski definition) is 5. The Labute approximate surface area is 367 Å². The van der Waals surface area contributed by atoms with E-state index in [0.717, 1.165) is 12.6 Å². The summed E-state index contributed by atoms with van der Waals surface area (Å²) in [7, 11) is -12.4. The molecule has 0 saturated carbocycles. The maximum absolute atomic E-state index is 10.1. The van der Waals surface area contributed by atoms with Crippen molar-refractivity contribution in [2.24, 2.45) is 0 Å². The van der Waals surface area contributed by atoms with E-state index in [4.69, 9.17) is 40.2 Å².